The van der Waals surface area contributed by atoms with Crippen LogP contribution in [0.25, 0.3) is 11.0 Å². The molecule has 25 heavy (non-hydrogen) atoms. The van der Waals surface area contributed by atoms with Gasteiger partial charge in [0.25, 0.3) is 0 Å². The van der Waals surface area contributed by atoms with Crippen LogP contribution in [0.1, 0.15) is 33.6 Å². The Labute approximate surface area is 152 Å². The van der Waals surface area contributed by atoms with Crippen molar-refractivity contribution in [2.45, 2.75) is 45.3 Å². The standard InChI is InChI=1S/C18H23ClN4O2/c1-18(2,3)25-17(24)23-10-6-7-12(11-23)20-16-15(19)21-13-8-4-5-9-14(13)22-16/h4-5,8-9,12H,6-7,10-11H2,1-3H3,(H,20,22)/t12-/m0/s1. The summed E-state index contributed by atoms with van der Waals surface area (Å²) < 4.78 is 5.46. The van der Waals surface area contributed by atoms with E-state index in [0.717, 1.165) is 23.9 Å². The molecule has 134 valence electrons. The third-order valence-corrected chi connectivity index (χ3v) is 4.21. The lowest BCUT2D eigenvalue weighted by Gasteiger charge is -2.34. The molecule has 1 aromatic carbocycles. The number of carbonyl (C=O) groups is 1. The molecule has 1 aliphatic rings. The van der Waals surface area contributed by atoms with Crippen LogP contribution in [0.3, 0.4) is 0 Å². The van der Waals surface area contributed by atoms with Crippen LogP contribution in [0.5, 0.6) is 0 Å². The van der Waals surface area contributed by atoms with Gasteiger partial charge in [-0.05, 0) is 45.7 Å². The zero-order chi connectivity index (χ0) is 18.0. The molecule has 2 aromatic rings. The summed E-state index contributed by atoms with van der Waals surface area (Å²) in [6, 6.07) is 7.66. The molecule has 0 aliphatic carbocycles. The van der Waals surface area contributed by atoms with Gasteiger partial charge in [0.1, 0.15) is 5.60 Å². The smallest absolute Gasteiger partial charge is 0.410 e. The van der Waals surface area contributed by atoms with E-state index in [9.17, 15) is 4.79 Å². The minimum atomic E-state index is -0.495. The van der Waals surface area contributed by atoms with Gasteiger partial charge in [-0.25, -0.2) is 14.8 Å². The Morgan fingerprint density at radius 3 is 2.64 bits per heavy atom. The monoisotopic (exact) mass is 362 g/mol. The van der Waals surface area contributed by atoms with Gasteiger partial charge in [-0.3, -0.25) is 0 Å². The van der Waals surface area contributed by atoms with E-state index in [2.05, 4.69) is 15.3 Å². The predicted molar refractivity (Wildman–Crippen MR) is 99.0 cm³/mol. The summed E-state index contributed by atoms with van der Waals surface area (Å²) >= 11 is 6.27. The van der Waals surface area contributed by atoms with Crippen molar-refractivity contribution in [2.75, 3.05) is 18.4 Å². The van der Waals surface area contributed by atoms with Gasteiger partial charge in [-0.2, -0.15) is 0 Å². The number of likely N-dealkylation sites (tertiary alicyclic amines) is 1. The van der Waals surface area contributed by atoms with Crippen molar-refractivity contribution in [3.63, 3.8) is 0 Å². The Morgan fingerprint density at radius 1 is 1.28 bits per heavy atom. The molecule has 0 radical (unpaired) electrons. The second-order valence-corrected chi connectivity index (χ2v) is 7.62. The Bertz CT molecular complexity index is 775. The molecule has 0 bridgehead atoms. The van der Waals surface area contributed by atoms with Crippen molar-refractivity contribution in [1.82, 2.24) is 14.9 Å². The van der Waals surface area contributed by atoms with E-state index in [-0.39, 0.29) is 12.1 Å². The van der Waals surface area contributed by atoms with Crippen molar-refractivity contribution >= 4 is 34.5 Å². The van der Waals surface area contributed by atoms with Gasteiger partial charge in [-0.1, -0.05) is 23.7 Å². The number of aromatic nitrogens is 2. The van der Waals surface area contributed by atoms with Crippen LogP contribution >= 0.6 is 11.6 Å². The van der Waals surface area contributed by atoms with Crippen LogP contribution in [-0.4, -0.2) is 45.7 Å². The second-order valence-electron chi connectivity index (χ2n) is 7.26. The van der Waals surface area contributed by atoms with E-state index in [1.807, 2.05) is 45.0 Å². The number of hydrogen-bond acceptors (Lipinski definition) is 5. The SMILES string of the molecule is CC(C)(C)OC(=O)N1CCC[C@H](Nc2nc3ccccc3nc2Cl)C1. The number of para-hydroxylation sites is 2. The maximum absolute atomic E-state index is 12.3. The molecule has 0 unspecified atom stereocenters. The van der Waals surface area contributed by atoms with Crippen LogP contribution in [0.2, 0.25) is 5.15 Å². The number of ether oxygens (including phenoxy) is 1. The van der Waals surface area contributed by atoms with Crippen molar-refractivity contribution in [3.8, 4) is 0 Å². The largest absolute Gasteiger partial charge is 0.444 e. The molecule has 1 fully saturated rings. The average Bonchev–Trinajstić information content (AvgIpc) is 2.54. The van der Waals surface area contributed by atoms with Crippen molar-refractivity contribution in [1.29, 1.82) is 0 Å². The number of carbonyl (C=O) groups excluding carboxylic acids is 1. The van der Waals surface area contributed by atoms with Crippen LogP contribution in [0, 0.1) is 0 Å². The van der Waals surface area contributed by atoms with Gasteiger partial charge >= 0.3 is 6.09 Å². The Hall–Kier alpha value is -2.08. The van der Waals surface area contributed by atoms with Crippen LogP contribution in [0.4, 0.5) is 10.6 Å². The minimum absolute atomic E-state index is 0.0641. The van der Waals surface area contributed by atoms with Gasteiger partial charge in [-0.15, -0.1) is 0 Å². The number of piperidine rings is 1. The van der Waals surface area contributed by atoms with E-state index in [0.29, 0.717) is 24.1 Å². The molecule has 3 rings (SSSR count). The fraction of sp³-hybridized carbons (Fsp3) is 0.500. The molecule has 7 heteroatoms. The molecule has 1 atom stereocenters. The van der Waals surface area contributed by atoms with Crippen LogP contribution < -0.4 is 5.32 Å². The number of halogens is 1. The van der Waals surface area contributed by atoms with E-state index in [4.69, 9.17) is 16.3 Å². The molecule has 1 amide bonds. The lowest BCUT2D eigenvalue weighted by Crippen LogP contribution is -2.47. The Kier molecular flexibility index (Phi) is 4.99. The van der Waals surface area contributed by atoms with E-state index >= 15 is 0 Å². The molecular weight excluding hydrogens is 340 g/mol. The molecule has 6 nitrogen and oxygen atoms in total. The summed E-state index contributed by atoms with van der Waals surface area (Å²) in [6.45, 7) is 6.86. The highest BCUT2D eigenvalue weighted by molar-refractivity contribution is 6.32. The second kappa shape index (κ2) is 7.04. The highest BCUT2D eigenvalue weighted by Gasteiger charge is 2.28. The van der Waals surface area contributed by atoms with Crippen LogP contribution in [0.15, 0.2) is 24.3 Å². The highest BCUT2D eigenvalue weighted by Crippen LogP contribution is 2.24. The Morgan fingerprint density at radius 2 is 1.96 bits per heavy atom. The first-order valence-corrected chi connectivity index (χ1v) is 8.86. The topological polar surface area (TPSA) is 67.3 Å². The number of benzene rings is 1. The number of hydrogen-bond donors (Lipinski definition) is 1. The van der Waals surface area contributed by atoms with Gasteiger partial charge in [0.05, 0.1) is 11.0 Å². The molecular formula is C18H23ClN4O2. The zero-order valence-corrected chi connectivity index (χ0v) is 15.5. The third-order valence-electron chi connectivity index (χ3n) is 3.94. The normalized spacial score (nSPS) is 18.2. The number of rotatable bonds is 2. The maximum Gasteiger partial charge on any atom is 0.410 e. The van der Waals surface area contributed by atoms with Gasteiger partial charge in [0, 0.05) is 19.1 Å². The fourth-order valence-electron chi connectivity index (χ4n) is 2.85. The van der Waals surface area contributed by atoms with E-state index < -0.39 is 5.60 Å². The Balaban J connectivity index is 1.70. The summed E-state index contributed by atoms with van der Waals surface area (Å²) in [5.74, 6) is 0.552. The van der Waals surface area contributed by atoms with Crippen molar-refractivity contribution < 1.29 is 9.53 Å². The van der Waals surface area contributed by atoms with E-state index in [1.165, 1.54) is 0 Å². The van der Waals surface area contributed by atoms with Crippen molar-refractivity contribution in [2.24, 2.45) is 0 Å². The molecule has 1 aliphatic heterocycles. The first-order chi connectivity index (χ1) is 11.8. The quantitative estimate of drug-likeness (QED) is 0.871. The number of amides is 1. The molecule has 1 aromatic heterocycles. The van der Waals surface area contributed by atoms with Crippen LogP contribution in [-0.2, 0) is 4.74 Å². The van der Waals surface area contributed by atoms with Gasteiger partial charge in [0.15, 0.2) is 11.0 Å². The number of nitrogens with one attached hydrogen (secondary N) is 1. The molecule has 1 saturated heterocycles. The maximum atomic E-state index is 12.3. The molecule has 2 heterocycles. The predicted octanol–water partition coefficient (Wildman–Crippen LogP) is 4.09. The number of anilines is 1. The minimum Gasteiger partial charge on any atom is -0.444 e. The van der Waals surface area contributed by atoms with E-state index in [1.54, 1.807) is 4.90 Å². The molecule has 1 N–H and O–H groups in total. The summed E-state index contributed by atoms with van der Waals surface area (Å²) in [6.07, 6.45) is 1.55. The molecule has 0 saturated carbocycles. The summed E-state index contributed by atoms with van der Waals surface area (Å²) in [4.78, 5) is 22.9. The number of fused-ring (bicyclic) bond motifs is 1. The van der Waals surface area contributed by atoms with Gasteiger partial charge in [0.2, 0.25) is 0 Å². The fourth-order valence-corrected chi connectivity index (χ4v) is 3.04. The first kappa shape index (κ1) is 17.7. The zero-order valence-electron chi connectivity index (χ0n) is 14.8. The van der Waals surface area contributed by atoms with Crippen molar-refractivity contribution in [3.05, 3.63) is 29.4 Å². The highest BCUT2D eigenvalue weighted by atomic mass is 35.5. The summed E-state index contributed by atoms with van der Waals surface area (Å²) in [5, 5.41) is 3.67. The summed E-state index contributed by atoms with van der Waals surface area (Å²) in [7, 11) is 0. The molecule has 0 spiro atoms. The lowest BCUT2D eigenvalue weighted by atomic mass is 10.1. The van der Waals surface area contributed by atoms with Gasteiger partial charge < -0.3 is 15.0 Å². The number of nitrogens with zero attached hydrogens (tertiary/aromatic N) is 3. The average molecular weight is 363 g/mol. The third kappa shape index (κ3) is 4.51. The summed E-state index contributed by atoms with van der Waals surface area (Å²) in [5.41, 5.74) is 1.05. The first-order valence-electron chi connectivity index (χ1n) is 8.48. The lowest BCUT2D eigenvalue weighted by molar-refractivity contribution is 0.0206.